The highest BCUT2D eigenvalue weighted by atomic mass is 35.5. The van der Waals surface area contributed by atoms with Crippen molar-refractivity contribution in [2.45, 2.75) is 13.5 Å². The maximum atomic E-state index is 12.5. The first-order chi connectivity index (χ1) is 13.0. The minimum absolute atomic E-state index is 0.348. The number of rotatable bonds is 4. The Kier molecular flexibility index (Phi) is 4.68. The Morgan fingerprint density at radius 3 is 2.52 bits per heavy atom. The molecular formula is C21H15Cl2NO3. The summed E-state index contributed by atoms with van der Waals surface area (Å²) in [5.74, 6) is 0.931. The molecular weight excluding hydrogens is 385 g/mol. The van der Waals surface area contributed by atoms with Crippen LogP contribution in [0.1, 0.15) is 11.3 Å². The third-order valence-corrected chi connectivity index (χ3v) is 4.77. The standard InChI is InChI=1S/C21H15Cl2NO3/c1-12-9-17-19(21(25)26-12)18(15-8-7-14(22)10-16(15)23)20(27-17)24-11-13-5-3-2-4-6-13/h2-10,24H,11H2,1H3. The van der Waals surface area contributed by atoms with Gasteiger partial charge in [-0.25, -0.2) is 4.79 Å². The second-order valence-electron chi connectivity index (χ2n) is 6.15. The molecule has 0 bridgehead atoms. The molecule has 0 aliphatic heterocycles. The zero-order valence-electron chi connectivity index (χ0n) is 14.4. The molecule has 0 aliphatic rings. The molecule has 2 heterocycles. The molecule has 1 N–H and O–H groups in total. The number of hydrogen-bond donors (Lipinski definition) is 1. The lowest BCUT2D eigenvalue weighted by Crippen LogP contribution is -2.02. The first-order valence-electron chi connectivity index (χ1n) is 8.33. The van der Waals surface area contributed by atoms with Crippen LogP contribution >= 0.6 is 23.2 Å². The van der Waals surface area contributed by atoms with Gasteiger partial charge >= 0.3 is 5.63 Å². The summed E-state index contributed by atoms with van der Waals surface area (Å²) in [6, 6.07) is 16.7. The van der Waals surface area contributed by atoms with Gasteiger partial charge in [0, 0.05) is 23.2 Å². The Morgan fingerprint density at radius 2 is 1.78 bits per heavy atom. The van der Waals surface area contributed by atoms with Gasteiger partial charge in [0.15, 0.2) is 0 Å². The smallest absolute Gasteiger partial charge is 0.347 e. The lowest BCUT2D eigenvalue weighted by atomic mass is 10.0. The summed E-state index contributed by atoms with van der Waals surface area (Å²) in [7, 11) is 0. The zero-order valence-corrected chi connectivity index (χ0v) is 15.9. The van der Waals surface area contributed by atoms with Gasteiger partial charge in [-0.05, 0) is 24.6 Å². The van der Waals surface area contributed by atoms with Gasteiger partial charge in [-0.2, -0.15) is 0 Å². The fourth-order valence-corrected chi connectivity index (χ4v) is 3.52. The number of hydrogen-bond acceptors (Lipinski definition) is 4. The van der Waals surface area contributed by atoms with E-state index >= 15 is 0 Å². The molecule has 2 aromatic carbocycles. The average Bonchev–Trinajstić information content (AvgIpc) is 2.99. The van der Waals surface area contributed by atoms with E-state index in [9.17, 15) is 4.79 Å². The summed E-state index contributed by atoms with van der Waals surface area (Å²) in [6.07, 6.45) is 0. The van der Waals surface area contributed by atoms with Crippen LogP contribution in [-0.2, 0) is 6.54 Å². The summed E-state index contributed by atoms with van der Waals surface area (Å²) in [5.41, 5.74) is 2.26. The van der Waals surface area contributed by atoms with Crippen LogP contribution < -0.4 is 10.9 Å². The number of anilines is 1. The monoisotopic (exact) mass is 399 g/mol. The van der Waals surface area contributed by atoms with E-state index in [2.05, 4.69) is 5.32 Å². The molecule has 0 fully saturated rings. The normalized spacial score (nSPS) is 11.1. The van der Waals surface area contributed by atoms with Crippen molar-refractivity contribution in [3.8, 4) is 11.1 Å². The van der Waals surface area contributed by atoms with E-state index in [1.165, 1.54) is 0 Å². The molecule has 0 spiro atoms. The first-order valence-corrected chi connectivity index (χ1v) is 9.09. The highest BCUT2D eigenvalue weighted by Gasteiger charge is 2.22. The zero-order chi connectivity index (χ0) is 19.0. The molecule has 0 saturated carbocycles. The van der Waals surface area contributed by atoms with Gasteiger partial charge in [0.2, 0.25) is 5.88 Å². The topological polar surface area (TPSA) is 55.4 Å². The van der Waals surface area contributed by atoms with Crippen molar-refractivity contribution in [2.75, 3.05) is 5.32 Å². The summed E-state index contributed by atoms with van der Waals surface area (Å²) >= 11 is 12.4. The minimum atomic E-state index is -0.470. The van der Waals surface area contributed by atoms with Crippen LogP contribution in [0.15, 0.2) is 68.2 Å². The van der Waals surface area contributed by atoms with Gasteiger partial charge in [-0.3, -0.25) is 0 Å². The molecule has 6 heteroatoms. The van der Waals surface area contributed by atoms with Gasteiger partial charge in [0.1, 0.15) is 16.7 Å². The molecule has 0 amide bonds. The third-order valence-electron chi connectivity index (χ3n) is 4.22. The maximum Gasteiger partial charge on any atom is 0.347 e. The van der Waals surface area contributed by atoms with Crippen LogP contribution in [0.4, 0.5) is 5.88 Å². The van der Waals surface area contributed by atoms with E-state index in [4.69, 9.17) is 32.0 Å². The van der Waals surface area contributed by atoms with E-state index in [0.29, 0.717) is 50.3 Å². The predicted molar refractivity (Wildman–Crippen MR) is 109 cm³/mol. The number of benzene rings is 2. The largest absolute Gasteiger partial charge is 0.440 e. The molecule has 4 nitrogen and oxygen atoms in total. The third kappa shape index (κ3) is 3.46. The molecule has 0 saturated heterocycles. The molecule has 4 aromatic rings. The number of aryl methyl sites for hydroxylation is 1. The highest BCUT2D eigenvalue weighted by Crippen LogP contribution is 2.41. The summed E-state index contributed by atoms with van der Waals surface area (Å²) in [5, 5.41) is 4.55. The Labute approximate surface area is 165 Å². The fourth-order valence-electron chi connectivity index (χ4n) is 3.02. The van der Waals surface area contributed by atoms with Gasteiger partial charge < -0.3 is 14.2 Å². The Bertz CT molecular complexity index is 1180. The van der Waals surface area contributed by atoms with Crippen molar-refractivity contribution in [3.63, 3.8) is 0 Å². The van der Waals surface area contributed by atoms with Crippen LogP contribution in [0.3, 0.4) is 0 Å². The Balaban J connectivity index is 1.89. The number of nitrogens with one attached hydrogen (secondary N) is 1. The SMILES string of the molecule is Cc1cc2oc(NCc3ccccc3)c(-c3ccc(Cl)cc3Cl)c2c(=O)o1. The van der Waals surface area contributed by atoms with Crippen LogP contribution in [0.2, 0.25) is 10.0 Å². The summed E-state index contributed by atoms with van der Waals surface area (Å²) in [4.78, 5) is 12.5. The minimum Gasteiger partial charge on any atom is -0.440 e. The average molecular weight is 400 g/mol. The highest BCUT2D eigenvalue weighted by molar-refractivity contribution is 6.37. The lowest BCUT2D eigenvalue weighted by Gasteiger charge is -2.08. The fraction of sp³-hybridized carbons (Fsp3) is 0.0952. The van der Waals surface area contributed by atoms with Crippen molar-refractivity contribution < 1.29 is 8.83 Å². The van der Waals surface area contributed by atoms with Gasteiger partial charge in [0.05, 0.1) is 10.6 Å². The van der Waals surface area contributed by atoms with E-state index in [1.807, 2.05) is 30.3 Å². The van der Waals surface area contributed by atoms with Crippen LogP contribution in [0, 0.1) is 6.92 Å². The van der Waals surface area contributed by atoms with Crippen molar-refractivity contribution >= 4 is 40.1 Å². The Hall–Kier alpha value is -2.69. The quantitative estimate of drug-likeness (QED) is 0.438. The molecule has 4 rings (SSSR count). The van der Waals surface area contributed by atoms with E-state index in [-0.39, 0.29) is 0 Å². The van der Waals surface area contributed by atoms with Crippen LogP contribution in [0.5, 0.6) is 0 Å². The molecule has 0 unspecified atom stereocenters. The van der Waals surface area contributed by atoms with Crippen molar-refractivity contribution in [3.05, 3.63) is 86.4 Å². The van der Waals surface area contributed by atoms with E-state index in [1.54, 1.807) is 31.2 Å². The van der Waals surface area contributed by atoms with Gasteiger partial charge in [-0.1, -0.05) is 59.6 Å². The summed E-state index contributed by atoms with van der Waals surface area (Å²) < 4.78 is 11.2. The molecule has 136 valence electrons. The number of halogens is 2. The van der Waals surface area contributed by atoms with Crippen LogP contribution in [-0.4, -0.2) is 0 Å². The van der Waals surface area contributed by atoms with E-state index in [0.717, 1.165) is 5.56 Å². The van der Waals surface area contributed by atoms with Gasteiger partial charge in [-0.15, -0.1) is 0 Å². The van der Waals surface area contributed by atoms with E-state index < -0.39 is 5.63 Å². The first kappa shape index (κ1) is 17.7. The Morgan fingerprint density at radius 1 is 1.00 bits per heavy atom. The molecule has 0 atom stereocenters. The van der Waals surface area contributed by atoms with Crippen molar-refractivity contribution in [1.82, 2.24) is 0 Å². The van der Waals surface area contributed by atoms with Gasteiger partial charge in [0.25, 0.3) is 0 Å². The molecule has 0 radical (unpaired) electrons. The second-order valence-corrected chi connectivity index (χ2v) is 7.00. The maximum absolute atomic E-state index is 12.5. The predicted octanol–water partition coefficient (Wildman–Crippen LogP) is 6.28. The van der Waals surface area contributed by atoms with Crippen molar-refractivity contribution in [2.24, 2.45) is 0 Å². The molecule has 27 heavy (non-hydrogen) atoms. The number of fused-ring (bicyclic) bond motifs is 1. The summed E-state index contributed by atoms with van der Waals surface area (Å²) in [6.45, 7) is 2.23. The van der Waals surface area contributed by atoms with Crippen LogP contribution in [0.25, 0.3) is 22.1 Å². The molecule has 0 aliphatic carbocycles. The van der Waals surface area contributed by atoms with Crippen molar-refractivity contribution in [1.29, 1.82) is 0 Å². The lowest BCUT2D eigenvalue weighted by molar-refractivity contribution is 0.485. The molecule has 2 aromatic heterocycles. The second kappa shape index (κ2) is 7.14. The number of furan rings is 1.